The van der Waals surface area contributed by atoms with Crippen molar-refractivity contribution in [1.82, 2.24) is 10.0 Å². The molecule has 0 fully saturated rings. The number of hydrogen-bond acceptors (Lipinski definition) is 4. The molecule has 0 aliphatic carbocycles. The molecule has 1 aromatic carbocycles. The minimum Gasteiger partial charge on any atom is -0.380 e. The Kier molecular flexibility index (Phi) is 8.21. The molecule has 1 rings (SSSR count). The zero-order valence-corrected chi connectivity index (χ0v) is 14.1. The van der Waals surface area contributed by atoms with E-state index in [4.69, 9.17) is 16.3 Å². The van der Waals surface area contributed by atoms with Crippen LogP contribution in [-0.4, -0.2) is 34.7 Å². The predicted molar refractivity (Wildman–Crippen MR) is 85.1 cm³/mol. The first kappa shape index (κ1) is 18.4. The molecule has 0 aliphatic rings. The minimum atomic E-state index is -3.53. The predicted octanol–water partition coefficient (Wildman–Crippen LogP) is 2.15. The summed E-state index contributed by atoms with van der Waals surface area (Å²) in [6.07, 6.45) is 1.01. The second-order valence-corrected chi connectivity index (χ2v) is 6.70. The SMILES string of the molecule is CCCNCc1cc(S(=O)(=O)NCCOCC)ccc1Cl. The highest BCUT2D eigenvalue weighted by atomic mass is 35.5. The smallest absolute Gasteiger partial charge is 0.240 e. The van der Waals surface area contributed by atoms with Gasteiger partial charge in [0, 0.05) is 24.7 Å². The third-order valence-electron chi connectivity index (χ3n) is 2.81. The molecule has 5 nitrogen and oxygen atoms in total. The molecular weight excluding hydrogens is 312 g/mol. The molecule has 0 atom stereocenters. The van der Waals surface area contributed by atoms with Crippen LogP contribution in [0.2, 0.25) is 5.02 Å². The molecule has 21 heavy (non-hydrogen) atoms. The van der Waals surface area contributed by atoms with E-state index in [0.29, 0.717) is 24.8 Å². The first-order valence-electron chi connectivity index (χ1n) is 7.07. The standard InChI is InChI=1S/C14H23ClN2O3S/c1-3-7-16-11-12-10-13(5-6-14(12)15)21(18,19)17-8-9-20-4-2/h5-6,10,16-17H,3-4,7-9,11H2,1-2H3. The fourth-order valence-electron chi connectivity index (χ4n) is 1.73. The summed E-state index contributed by atoms with van der Waals surface area (Å²) in [5.41, 5.74) is 0.776. The maximum atomic E-state index is 12.2. The highest BCUT2D eigenvalue weighted by molar-refractivity contribution is 7.89. The molecule has 0 bridgehead atoms. The zero-order valence-electron chi connectivity index (χ0n) is 12.5. The summed E-state index contributed by atoms with van der Waals surface area (Å²) in [7, 11) is -3.53. The molecule has 0 saturated heterocycles. The van der Waals surface area contributed by atoms with E-state index in [1.807, 2.05) is 6.92 Å². The molecule has 1 aromatic rings. The van der Waals surface area contributed by atoms with Gasteiger partial charge in [0.1, 0.15) is 0 Å². The fourth-order valence-corrected chi connectivity index (χ4v) is 2.98. The van der Waals surface area contributed by atoms with Gasteiger partial charge in [-0.1, -0.05) is 18.5 Å². The van der Waals surface area contributed by atoms with Crippen molar-refractivity contribution >= 4 is 21.6 Å². The lowest BCUT2D eigenvalue weighted by molar-refractivity contribution is 0.153. The highest BCUT2D eigenvalue weighted by Crippen LogP contribution is 2.20. The monoisotopic (exact) mass is 334 g/mol. The Morgan fingerprint density at radius 2 is 2.00 bits per heavy atom. The molecule has 0 aliphatic heterocycles. The van der Waals surface area contributed by atoms with E-state index in [0.717, 1.165) is 18.5 Å². The molecular formula is C14H23ClN2O3S. The van der Waals surface area contributed by atoms with Gasteiger partial charge < -0.3 is 10.1 Å². The molecule has 0 heterocycles. The number of sulfonamides is 1. The molecule has 0 amide bonds. The molecule has 2 N–H and O–H groups in total. The van der Waals surface area contributed by atoms with Crippen molar-refractivity contribution in [3.8, 4) is 0 Å². The number of ether oxygens (including phenoxy) is 1. The van der Waals surface area contributed by atoms with E-state index in [2.05, 4.69) is 17.0 Å². The van der Waals surface area contributed by atoms with Crippen LogP contribution < -0.4 is 10.0 Å². The van der Waals surface area contributed by atoms with Crippen LogP contribution in [-0.2, 0) is 21.3 Å². The Morgan fingerprint density at radius 1 is 1.24 bits per heavy atom. The van der Waals surface area contributed by atoms with Crippen LogP contribution in [0.3, 0.4) is 0 Å². The second-order valence-electron chi connectivity index (χ2n) is 4.52. The van der Waals surface area contributed by atoms with E-state index in [1.165, 1.54) is 6.07 Å². The summed E-state index contributed by atoms with van der Waals surface area (Å²) in [5, 5.41) is 3.77. The molecule has 0 aromatic heterocycles. The van der Waals surface area contributed by atoms with Crippen molar-refractivity contribution in [2.75, 3.05) is 26.3 Å². The highest BCUT2D eigenvalue weighted by Gasteiger charge is 2.15. The lowest BCUT2D eigenvalue weighted by Crippen LogP contribution is -2.27. The number of halogens is 1. The van der Waals surface area contributed by atoms with Crippen LogP contribution in [0.5, 0.6) is 0 Å². The average molecular weight is 335 g/mol. The first-order chi connectivity index (χ1) is 10.0. The van der Waals surface area contributed by atoms with Crippen LogP contribution in [0.4, 0.5) is 0 Å². The maximum absolute atomic E-state index is 12.2. The fraction of sp³-hybridized carbons (Fsp3) is 0.571. The van der Waals surface area contributed by atoms with Gasteiger partial charge in [0.15, 0.2) is 0 Å². The average Bonchev–Trinajstić information content (AvgIpc) is 2.45. The van der Waals surface area contributed by atoms with Crippen molar-refractivity contribution in [1.29, 1.82) is 0 Å². The molecule has 120 valence electrons. The van der Waals surface area contributed by atoms with Crippen molar-refractivity contribution in [2.24, 2.45) is 0 Å². The second kappa shape index (κ2) is 9.38. The van der Waals surface area contributed by atoms with Crippen LogP contribution in [0.15, 0.2) is 23.1 Å². The molecule has 0 unspecified atom stereocenters. The molecule has 0 saturated carbocycles. The van der Waals surface area contributed by atoms with Gasteiger partial charge in [-0.2, -0.15) is 0 Å². The van der Waals surface area contributed by atoms with Gasteiger partial charge in [0.25, 0.3) is 0 Å². The Balaban J connectivity index is 2.75. The summed E-state index contributed by atoms with van der Waals surface area (Å²) >= 11 is 6.10. The third-order valence-corrected chi connectivity index (χ3v) is 4.64. The van der Waals surface area contributed by atoms with Gasteiger partial charge in [-0.3, -0.25) is 0 Å². The van der Waals surface area contributed by atoms with Crippen LogP contribution in [0, 0.1) is 0 Å². The Morgan fingerprint density at radius 3 is 2.67 bits per heavy atom. The van der Waals surface area contributed by atoms with Crippen molar-refractivity contribution < 1.29 is 13.2 Å². The molecule has 7 heteroatoms. The summed E-state index contributed by atoms with van der Waals surface area (Å²) in [5.74, 6) is 0. The summed E-state index contributed by atoms with van der Waals surface area (Å²) < 4.78 is 31.9. The minimum absolute atomic E-state index is 0.219. The van der Waals surface area contributed by atoms with Gasteiger partial charge in [0.05, 0.1) is 11.5 Å². The van der Waals surface area contributed by atoms with E-state index in [1.54, 1.807) is 12.1 Å². The van der Waals surface area contributed by atoms with Crippen molar-refractivity contribution in [2.45, 2.75) is 31.7 Å². The lowest BCUT2D eigenvalue weighted by Gasteiger charge is -2.10. The maximum Gasteiger partial charge on any atom is 0.240 e. The lowest BCUT2D eigenvalue weighted by atomic mass is 10.2. The van der Waals surface area contributed by atoms with E-state index in [-0.39, 0.29) is 11.4 Å². The summed E-state index contributed by atoms with van der Waals surface area (Å²) in [4.78, 5) is 0.219. The van der Waals surface area contributed by atoms with Gasteiger partial charge in [-0.15, -0.1) is 0 Å². The number of nitrogens with one attached hydrogen (secondary N) is 2. The van der Waals surface area contributed by atoms with E-state index < -0.39 is 10.0 Å². The van der Waals surface area contributed by atoms with Gasteiger partial charge >= 0.3 is 0 Å². The zero-order chi connectivity index (χ0) is 15.7. The van der Waals surface area contributed by atoms with Crippen molar-refractivity contribution in [3.63, 3.8) is 0 Å². The normalized spacial score (nSPS) is 11.8. The van der Waals surface area contributed by atoms with Crippen LogP contribution in [0.1, 0.15) is 25.8 Å². The van der Waals surface area contributed by atoms with Gasteiger partial charge in [0.2, 0.25) is 10.0 Å². The van der Waals surface area contributed by atoms with E-state index in [9.17, 15) is 8.42 Å². The number of benzene rings is 1. The van der Waals surface area contributed by atoms with Gasteiger partial charge in [-0.05, 0) is 43.7 Å². The summed E-state index contributed by atoms with van der Waals surface area (Å²) in [6, 6.07) is 4.73. The molecule has 0 spiro atoms. The Labute approximate surface area is 132 Å². The topological polar surface area (TPSA) is 67.4 Å². The van der Waals surface area contributed by atoms with Gasteiger partial charge in [-0.25, -0.2) is 13.1 Å². The Hall–Kier alpha value is -0.660. The summed E-state index contributed by atoms with van der Waals surface area (Å²) in [6.45, 7) is 6.52. The van der Waals surface area contributed by atoms with Crippen LogP contribution >= 0.6 is 11.6 Å². The van der Waals surface area contributed by atoms with Crippen molar-refractivity contribution in [3.05, 3.63) is 28.8 Å². The first-order valence-corrected chi connectivity index (χ1v) is 8.94. The third kappa shape index (κ3) is 6.32. The van der Waals surface area contributed by atoms with Crippen LogP contribution in [0.25, 0.3) is 0 Å². The number of rotatable bonds is 10. The number of hydrogen-bond donors (Lipinski definition) is 2. The largest absolute Gasteiger partial charge is 0.380 e. The molecule has 0 radical (unpaired) electrons. The quantitative estimate of drug-likeness (QED) is 0.643. The van der Waals surface area contributed by atoms with E-state index >= 15 is 0 Å². The Bertz CT molecular complexity index is 535.